The Morgan fingerprint density at radius 1 is 0.939 bits per heavy atom. The molecular formula is C27H27N3O3. The summed E-state index contributed by atoms with van der Waals surface area (Å²) in [5.74, 6) is 0.690. The minimum atomic E-state index is -0.297. The number of methoxy groups -OCH3 is 1. The number of para-hydroxylation sites is 2. The molecule has 2 N–H and O–H groups in total. The maximum atomic E-state index is 13.3. The van der Waals surface area contributed by atoms with Crippen LogP contribution in [0.15, 0.2) is 83.7 Å². The molecule has 3 aromatic carbocycles. The lowest BCUT2D eigenvalue weighted by molar-refractivity contribution is 0.205. The Hall–Kier alpha value is -4.06. The van der Waals surface area contributed by atoms with Crippen LogP contribution in [0.5, 0.6) is 5.75 Å². The fourth-order valence-electron chi connectivity index (χ4n) is 3.81. The Labute approximate surface area is 192 Å². The third-order valence-corrected chi connectivity index (χ3v) is 5.62. The molecule has 4 rings (SSSR count). The van der Waals surface area contributed by atoms with Crippen LogP contribution in [0.25, 0.3) is 10.9 Å². The van der Waals surface area contributed by atoms with Gasteiger partial charge in [-0.25, -0.2) is 4.79 Å². The lowest BCUT2D eigenvalue weighted by Gasteiger charge is -2.24. The van der Waals surface area contributed by atoms with Crippen LogP contribution >= 0.6 is 0 Å². The van der Waals surface area contributed by atoms with Crippen LogP contribution in [0.4, 0.5) is 10.5 Å². The van der Waals surface area contributed by atoms with E-state index in [1.807, 2.05) is 72.8 Å². The van der Waals surface area contributed by atoms with E-state index in [9.17, 15) is 9.59 Å². The van der Waals surface area contributed by atoms with Crippen molar-refractivity contribution in [3.63, 3.8) is 0 Å². The number of hydrogen-bond donors (Lipinski definition) is 2. The number of hydrogen-bond acceptors (Lipinski definition) is 3. The maximum absolute atomic E-state index is 13.3. The molecule has 0 radical (unpaired) electrons. The van der Waals surface area contributed by atoms with Crippen molar-refractivity contribution in [3.05, 3.63) is 106 Å². The van der Waals surface area contributed by atoms with E-state index in [1.165, 1.54) is 5.56 Å². The molecule has 0 aliphatic rings. The highest BCUT2D eigenvalue weighted by molar-refractivity contribution is 5.89. The summed E-state index contributed by atoms with van der Waals surface area (Å²) in [6.07, 6.45) is 0.907. The summed E-state index contributed by atoms with van der Waals surface area (Å²) in [6.45, 7) is 2.53. The van der Waals surface area contributed by atoms with Crippen molar-refractivity contribution in [3.8, 4) is 5.75 Å². The van der Waals surface area contributed by atoms with E-state index in [0.29, 0.717) is 17.0 Å². The van der Waals surface area contributed by atoms with Gasteiger partial charge in [-0.05, 0) is 53.8 Å². The summed E-state index contributed by atoms with van der Waals surface area (Å²) in [5.41, 5.74) is 3.83. The van der Waals surface area contributed by atoms with Crippen molar-refractivity contribution in [1.29, 1.82) is 0 Å². The van der Waals surface area contributed by atoms with Crippen molar-refractivity contribution in [2.45, 2.75) is 26.4 Å². The van der Waals surface area contributed by atoms with Crippen LogP contribution < -0.4 is 15.6 Å². The van der Waals surface area contributed by atoms with Crippen LogP contribution in [0.2, 0.25) is 0 Å². The monoisotopic (exact) mass is 441 g/mol. The Morgan fingerprint density at radius 3 is 2.42 bits per heavy atom. The predicted molar refractivity (Wildman–Crippen MR) is 132 cm³/mol. The molecule has 0 aliphatic heterocycles. The van der Waals surface area contributed by atoms with Crippen molar-refractivity contribution < 1.29 is 9.53 Å². The number of pyridine rings is 1. The number of fused-ring (bicyclic) bond motifs is 1. The van der Waals surface area contributed by atoms with Gasteiger partial charge in [0, 0.05) is 22.3 Å². The van der Waals surface area contributed by atoms with Crippen LogP contribution in [-0.2, 0) is 19.5 Å². The number of rotatable bonds is 7. The van der Waals surface area contributed by atoms with Gasteiger partial charge in [0.2, 0.25) is 0 Å². The van der Waals surface area contributed by atoms with Crippen LogP contribution in [0, 0.1) is 0 Å². The lowest BCUT2D eigenvalue weighted by Crippen LogP contribution is -2.35. The van der Waals surface area contributed by atoms with E-state index in [4.69, 9.17) is 4.74 Å². The second-order valence-corrected chi connectivity index (χ2v) is 7.86. The van der Waals surface area contributed by atoms with Crippen LogP contribution in [-0.4, -0.2) is 23.0 Å². The smallest absolute Gasteiger partial charge is 0.322 e. The number of ether oxygens (including phenoxy) is 1. The van der Waals surface area contributed by atoms with Crippen molar-refractivity contribution >= 4 is 22.6 Å². The maximum Gasteiger partial charge on any atom is 0.322 e. The number of urea groups is 1. The first-order valence-electron chi connectivity index (χ1n) is 10.9. The Morgan fingerprint density at radius 2 is 1.67 bits per heavy atom. The number of aryl methyl sites for hydroxylation is 1. The van der Waals surface area contributed by atoms with Gasteiger partial charge in [0.1, 0.15) is 5.75 Å². The summed E-state index contributed by atoms with van der Waals surface area (Å²) in [6, 6.07) is 24.4. The van der Waals surface area contributed by atoms with Gasteiger partial charge in [-0.1, -0.05) is 49.4 Å². The topological polar surface area (TPSA) is 74.4 Å². The van der Waals surface area contributed by atoms with Crippen LogP contribution in [0.1, 0.15) is 23.6 Å². The van der Waals surface area contributed by atoms with Crippen molar-refractivity contribution in [2.24, 2.45) is 0 Å². The molecule has 0 spiro atoms. The molecule has 2 amide bonds. The summed E-state index contributed by atoms with van der Waals surface area (Å²) in [4.78, 5) is 30.7. The quantitative estimate of drug-likeness (QED) is 0.407. The van der Waals surface area contributed by atoms with E-state index < -0.39 is 0 Å². The Bertz CT molecular complexity index is 1320. The predicted octanol–water partition coefficient (Wildman–Crippen LogP) is 5.33. The Balaban J connectivity index is 1.68. The number of nitrogens with zero attached hydrogens (tertiary/aromatic N) is 1. The third-order valence-electron chi connectivity index (χ3n) is 5.62. The molecule has 0 atom stereocenters. The molecule has 6 nitrogen and oxygen atoms in total. The van der Waals surface area contributed by atoms with Gasteiger partial charge in [0.05, 0.1) is 20.2 Å². The Kier molecular flexibility index (Phi) is 6.74. The molecule has 0 fully saturated rings. The zero-order valence-electron chi connectivity index (χ0n) is 18.8. The summed E-state index contributed by atoms with van der Waals surface area (Å²) < 4.78 is 5.48. The fourth-order valence-corrected chi connectivity index (χ4v) is 3.81. The number of carbonyl (C=O) groups is 1. The molecule has 168 valence electrons. The zero-order chi connectivity index (χ0) is 23.2. The largest absolute Gasteiger partial charge is 0.496 e. The SMILES string of the molecule is CCc1ccc2[nH]c(=O)c(CN(Cc3ccccc3OC)C(=O)Nc3ccccc3)cc2c1. The number of benzene rings is 3. The van der Waals surface area contributed by atoms with E-state index >= 15 is 0 Å². The number of aromatic amines is 1. The number of carbonyl (C=O) groups excluding carboxylic acids is 1. The normalized spacial score (nSPS) is 10.7. The molecule has 0 aliphatic carbocycles. The van der Waals surface area contributed by atoms with Gasteiger partial charge in [-0.15, -0.1) is 0 Å². The second-order valence-electron chi connectivity index (χ2n) is 7.86. The van der Waals surface area contributed by atoms with Gasteiger partial charge >= 0.3 is 6.03 Å². The lowest BCUT2D eigenvalue weighted by atomic mass is 10.1. The number of nitrogens with one attached hydrogen (secondary N) is 2. The molecule has 1 heterocycles. The van der Waals surface area contributed by atoms with E-state index in [0.717, 1.165) is 22.9 Å². The first kappa shape index (κ1) is 22.1. The number of H-pyrrole nitrogens is 1. The molecule has 6 heteroatoms. The molecule has 33 heavy (non-hydrogen) atoms. The fraction of sp³-hybridized carbons (Fsp3) is 0.185. The number of anilines is 1. The molecule has 0 bridgehead atoms. The average molecular weight is 442 g/mol. The highest BCUT2D eigenvalue weighted by atomic mass is 16.5. The highest BCUT2D eigenvalue weighted by Crippen LogP contribution is 2.22. The minimum absolute atomic E-state index is 0.151. The number of aromatic nitrogens is 1. The van der Waals surface area contributed by atoms with Gasteiger partial charge in [-0.3, -0.25) is 4.79 Å². The standard InChI is InChI=1S/C27H27N3O3/c1-3-19-13-14-24-21(15-19)16-22(26(31)29-24)18-30(17-20-9-7-8-12-25(20)33-2)27(32)28-23-10-5-4-6-11-23/h4-16H,3,17-18H2,1-2H3,(H,28,32)(H,29,31). The second kappa shape index (κ2) is 10.0. The molecule has 0 saturated carbocycles. The van der Waals surface area contributed by atoms with Gasteiger partial charge in [0.15, 0.2) is 0 Å². The molecule has 4 aromatic rings. The van der Waals surface area contributed by atoms with Gasteiger partial charge in [-0.2, -0.15) is 0 Å². The first-order valence-corrected chi connectivity index (χ1v) is 10.9. The molecular weight excluding hydrogens is 414 g/mol. The first-order chi connectivity index (χ1) is 16.1. The van der Waals surface area contributed by atoms with Gasteiger partial charge in [0.25, 0.3) is 5.56 Å². The highest BCUT2D eigenvalue weighted by Gasteiger charge is 2.19. The molecule has 1 aromatic heterocycles. The van der Waals surface area contributed by atoms with E-state index in [-0.39, 0.29) is 24.7 Å². The number of amides is 2. The summed E-state index contributed by atoms with van der Waals surface area (Å²) in [7, 11) is 1.60. The zero-order valence-corrected chi connectivity index (χ0v) is 18.8. The average Bonchev–Trinajstić information content (AvgIpc) is 2.84. The third kappa shape index (κ3) is 5.23. The molecule has 0 unspecified atom stereocenters. The molecule has 0 saturated heterocycles. The summed E-state index contributed by atoms with van der Waals surface area (Å²) in [5, 5.41) is 3.88. The van der Waals surface area contributed by atoms with Crippen LogP contribution in [0.3, 0.4) is 0 Å². The van der Waals surface area contributed by atoms with Gasteiger partial charge < -0.3 is 19.9 Å². The van der Waals surface area contributed by atoms with E-state index in [1.54, 1.807) is 12.0 Å². The van der Waals surface area contributed by atoms with Crippen molar-refractivity contribution in [2.75, 3.05) is 12.4 Å². The minimum Gasteiger partial charge on any atom is -0.496 e. The summed E-state index contributed by atoms with van der Waals surface area (Å²) >= 11 is 0. The van der Waals surface area contributed by atoms with Crippen molar-refractivity contribution in [1.82, 2.24) is 9.88 Å². The van der Waals surface area contributed by atoms with E-state index in [2.05, 4.69) is 23.3 Å².